The highest BCUT2D eigenvalue weighted by Gasteiger charge is 2.23. The van der Waals surface area contributed by atoms with Gasteiger partial charge in [0.15, 0.2) is 9.76 Å². The zero-order valence-electron chi connectivity index (χ0n) is 5.80. The standard InChI is InChI=1S/C6H7BrClN3/c7-5-6(8)10-11(9-5)3-4-1-2-4/h4H,1-3H2. The summed E-state index contributed by atoms with van der Waals surface area (Å²) in [6.07, 6.45) is 2.60. The minimum absolute atomic E-state index is 0.450. The average molecular weight is 236 g/mol. The number of halogens is 2. The van der Waals surface area contributed by atoms with Gasteiger partial charge in [0.2, 0.25) is 0 Å². The van der Waals surface area contributed by atoms with E-state index in [1.807, 2.05) is 0 Å². The van der Waals surface area contributed by atoms with Crippen LogP contribution < -0.4 is 0 Å². The van der Waals surface area contributed by atoms with E-state index in [0.717, 1.165) is 12.5 Å². The van der Waals surface area contributed by atoms with Gasteiger partial charge in [0.25, 0.3) is 0 Å². The Kier molecular flexibility index (Phi) is 1.89. The second-order valence-corrected chi connectivity index (χ2v) is 3.89. The maximum absolute atomic E-state index is 5.69. The molecular weight excluding hydrogens is 229 g/mol. The van der Waals surface area contributed by atoms with E-state index in [9.17, 15) is 0 Å². The van der Waals surface area contributed by atoms with E-state index in [-0.39, 0.29) is 0 Å². The van der Waals surface area contributed by atoms with Crippen LogP contribution in [0.25, 0.3) is 0 Å². The summed E-state index contributed by atoms with van der Waals surface area (Å²) in [4.78, 5) is 1.66. The summed E-state index contributed by atoms with van der Waals surface area (Å²) in [5.41, 5.74) is 0. The number of hydrogen-bond donors (Lipinski definition) is 0. The van der Waals surface area contributed by atoms with Crippen molar-refractivity contribution in [3.8, 4) is 0 Å². The first kappa shape index (κ1) is 7.55. The van der Waals surface area contributed by atoms with Gasteiger partial charge in [0, 0.05) is 0 Å². The molecule has 0 unspecified atom stereocenters. The Morgan fingerprint density at radius 2 is 2.27 bits per heavy atom. The molecule has 1 aliphatic carbocycles. The van der Waals surface area contributed by atoms with Crippen LogP contribution in [0, 0.1) is 5.92 Å². The highest BCUT2D eigenvalue weighted by Crippen LogP contribution is 2.30. The van der Waals surface area contributed by atoms with Crippen molar-refractivity contribution in [1.82, 2.24) is 15.0 Å². The first-order valence-electron chi connectivity index (χ1n) is 3.52. The van der Waals surface area contributed by atoms with E-state index in [2.05, 4.69) is 26.1 Å². The SMILES string of the molecule is Clc1nn(CC2CC2)nc1Br. The third-order valence-corrected chi connectivity index (χ3v) is 2.71. The van der Waals surface area contributed by atoms with Crippen molar-refractivity contribution < 1.29 is 0 Å². The fraction of sp³-hybridized carbons (Fsp3) is 0.667. The molecule has 0 spiro atoms. The van der Waals surface area contributed by atoms with Gasteiger partial charge in [-0.05, 0) is 34.7 Å². The fourth-order valence-corrected chi connectivity index (χ4v) is 1.31. The Morgan fingerprint density at radius 3 is 2.73 bits per heavy atom. The van der Waals surface area contributed by atoms with E-state index in [1.165, 1.54) is 12.8 Å². The topological polar surface area (TPSA) is 30.7 Å². The summed E-state index contributed by atoms with van der Waals surface area (Å²) in [5.74, 6) is 0.783. The molecule has 3 nitrogen and oxygen atoms in total. The maximum Gasteiger partial charge on any atom is 0.185 e. The first-order valence-corrected chi connectivity index (χ1v) is 4.69. The van der Waals surface area contributed by atoms with Gasteiger partial charge in [0.05, 0.1) is 6.54 Å². The molecule has 1 aromatic rings. The van der Waals surface area contributed by atoms with Crippen LogP contribution in [0.4, 0.5) is 0 Å². The lowest BCUT2D eigenvalue weighted by Crippen LogP contribution is -2.03. The van der Waals surface area contributed by atoms with Crippen molar-refractivity contribution >= 4 is 27.5 Å². The summed E-state index contributed by atoms with van der Waals surface area (Å²) >= 11 is 8.89. The minimum Gasteiger partial charge on any atom is -0.182 e. The molecule has 0 radical (unpaired) electrons. The minimum atomic E-state index is 0.450. The van der Waals surface area contributed by atoms with Gasteiger partial charge in [-0.25, -0.2) is 0 Å². The zero-order chi connectivity index (χ0) is 7.84. The van der Waals surface area contributed by atoms with Crippen LogP contribution in [0.1, 0.15) is 12.8 Å². The number of nitrogens with zero attached hydrogens (tertiary/aromatic N) is 3. The molecule has 1 aromatic heterocycles. The van der Waals surface area contributed by atoms with E-state index in [4.69, 9.17) is 11.6 Å². The van der Waals surface area contributed by atoms with Gasteiger partial charge in [-0.3, -0.25) is 0 Å². The molecule has 1 saturated carbocycles. The van der Waals surface area contributed by atoms with Crippen LogP contribution in [0.15, 0.2) is 4.60 Å². The molecule has 1 heterocycles. The van der Waals surface area contributed by atoms with E-state index < -0.39 is 0 Å². The zero-order valence-corrected chi connectivity index (χ0v) is 8.14. The Hall–Kier alpha value is -0.0900. The van der Waals surface area contributed by atoms with Crippen LogP contribution in [-0.2, 0) is 6.54 Å². The molecule has 2 rings (SSSR count). The molecule has 0 aliphatic heterocycles. The Balaban J connectivity index is 2.11. The van der Waals surface area contributed by atoms with Crippen LogP contribution in [0.5, 0.6) is 0 Å². The summed E-state index contributed by atoms with van der Waals surface area (Å²) in [6.45, 7) is 0.908. The lowest BCUT2D eigenvalue weighted by Gasteiger charge is -1.93. The van der Waals surface area contributed by atoms with Crippen molar-refractivity contribution in [3.05, 3.63) is 9.76 Å². The van der Waals surface area contributed by atoms with Gasteiger partial charge in [-0.15, -0.1) is 10.2 Å². The van der Waals surface area contributed by atoms with E-state index >= 15 is 0 Å². The van der Waals surface area contributed by atoms with E-state index in [1.54, 1.807) is 4.80 Å². The van der Waals surface area contributed by atoms with Crippen molar-refractivity contribution in [2.24, 2.45) is 5.92 Å². The Morgan fingerprint density at radius 1 is 1.55 bits per heavy atom. The fourth-order valence-electron chi connectivity index (χ4n) is 0.921. The molecule has 0 aromatic carbocycles. The monoisotopic (exact) mass is 235 g/mol. The second-order valence-electron chi connectivity index (χ2n) is 2.78. The molecule has 11 heavy (non-hydrogen) atoms. The predicted octanol–water partition coefficient (Wildman–Crippen LogP) is 2.10. The molecule has 0 saturated heterocycles. The van der Waals surface area contributed by atoms with Crippen LogP contribution in [-0.4, -0.2) is 15.0 Å². The maximum atomic E-state index is 5.69. The molecule has 5 heteroatoms. The van der Waals surface area contributed by atoms with E-state index in [0.29, 0.717) is 9.76 Å². The van der Waals surface area contributed by atoms with Crippen LogP contribution >= 0.6 is 27.5 Å². The van der Waals surface area contributed by atoms with Gasteiger partial charge < -0.3 is 0 Å². The average Bonchev–Trinajstić information content (AvgIpc) is 2.65. The molecular formula is C6H7BrClN3. The van der Waals surface area contributed by atoms with Gasteiger partial charge in [-0.2, -0.15) is 4.80 Å². The van der Waals surface area contributed by atoms with Crippen LogP contribution in [0.3, 0.4) is 0 Å². The largest absolute Gasteiger partial charge is 0.185 e. The van der Waals surface area contributed by atoms with Crippen molar-refractivity contribution in [1.29, 1.82) is 0 Å². The summed E-state index contributed by atoms with van der Waals surface area (Å²) in [6, 6.07) is 0. The molecule has 0 bridgehead atoms. The van der Waals surface area contributed by atoms with Crippen molar-refractivity contribution in [3.63, 3.8) is 0 Å². The van der Waals surface area contributed by atoms with Crippen molar-refractivity contribution in [2.75, 3.05) is 0 Å². The van der Waals surface area contributed by atoms with Crippen molar-refractivity contribution in [2.45, 2.75) is 19.4 Å². The molecule has 60 valence electrons. The Bertz CT molecular complexity index is 249. The molecule has 0 N–H and O–H groups in total. The number of rotatable bonds is 2. The quantitative estimate of drug-likeness (QED) is 0.787. The summed E-state index contributed by atoms with van der Waals surface area (Å²) in [7, 11) is 0. The molecule has 1 aliphatic rings. The summed E-state index contributed by atoms with van der Waals surface area (Å²) in [5, 5.41) is 8.54. The third-order valence-electron chi connectivity index (χ3n) is 1.70. The molecule has 0 amide bonds. The lowest BCUT2D eigenvalue weighted by atomic mass is 10.4. The lowest BCUT2D eigenvalue weighted by molar-refractivity contribution is 0.496. The number of hydrogen-bond acceptors (Lipinski definition) is 2. The highest BCUT2D eigenvalue weighted by atomic mass is 79.9. The first-order chi connectivity index (χ1) is 5.25. The Labute approximate surface area is 77.9 Å². The second kappa shape index (κ2) is 2.75. The van der Waals surface area contributed by atoms with Gasteiger partial charge in [0.1, 0.15) is 0 Å². The smallest absolute Gasteiger partial charge is 0.182 e. The third kappa shape index (κ3) is 1.73. The summed E-state index contributed by atoms with van der Waals surface area (Å²) < 4.78 is 0.639. The predicted molar refractivity (Wildman–Crippen MR) is 45.5 cm³/mol. The normalized spacial score (nSPS) is 17.3. The van der Waals surface area contributed by atoms with Gasteiger partial charge >= 0.3 is 0 Å². The van der Waals surface area contributed by atoms with Crippen LogP contribution in [0.2, 0.25) is 5.15 Å². The molecule has 0 atom stereocenters. The highest BCUT2D eigenvalue weighted by molar-refractivity contribution is 9.10. The number of aromatic nitrogens is 3. The van der Waals surface area contributed by atoms with Gasteiger partial charge in [-0.1, -0.05) is 11.6 Å². The molecule has 1 fully saturated rings.